The minimum absolute atomic E-state index is 0.0549. The number of halogens is 4. The van der Waals surface area contributed by atoms with E-state index in [-0.39, 0.29) is 4.83 Å². The van der Waals surface area contributed by atoms with Crippen molar-refractivity contribution in [1.29, 1.82) is 0 Å². The monoisotopic (exact) mass is 378 g/mol. The van der Waals surface area contributed by atoms with Crippen LogP contribution in [0.2, 0.25) is 15.1 Å². The molecule has 0 fully saturated rings. The minimum Gasteiger partial charge on any atom is -0.497 e. The molecule has 1 nitrogen and oxygen atoms in total. The Hall–Kier alpha value is -0.410. The Kier molecular flexibility index (Phi) is 5.02. The van der Waals surface area contributed by atoms with Crippen LogP contribution < -0.4 is 4.74 Å². The molecule has 2 rings (SSSR count). The van der Waals surface area contributed by atoms with Crippen molar-refractivity contribution >= 4 is 50.7 Å². The van der Waals surface area contributed by atoms with Gasteiger partial charge in [-0.2, -0.15) is 0 Å². The quantitative estimate of drug-likeness (QED) is 0.581. The second-order valence-corrected chi connectivity index (χ2v) is 6.06. The lowest BCUT2D eigenvalue weighted by Crippen LogP contribution is -1.95. The van der Waals surface area contributed by atoms with Gasteiger partial charge in [-0.1, -0.05) is 62.9 Å². The maximum Gasteiger partial charge on any atom is 0.120 e. The van der Waals surface area contributed by atoms with Gasteiger partial charge in [0.05, 0.1) is 22.0 Å². The molecule has 2 aromatic carbocycles. The molecule has 0 bridgehead atoms. The highest BCUT2D eigenvalue weighted by atomic mass is 79.9. The summed E-state index contributed by atoms with van der Waals surface area (Å²) in [6.45, 7) is 0. The first-order valence-corrected chi connectivity index (χ1v) is 7.50. The van der Waals surface area contributed by atoms with Crippen molar-refractivity contribution in [2.24, 2.45) is 0 Å². The molecule has 0 aromatic heterocycles. The summed E-state index contributed by atoms with van der Waals surface area (Å²) < 4.78 is 5.13. The molecule has 2 aromatic rings. The first kappa shape index (κ1) is 15.0. The van der Waals surface area contributed by atoms with E-state index in [2.05, 4.69) is 15.9 Å². The van der Waals surface area contributed by atoms with Crippen molar-refractivity contribution in [2.75, 3.05) is 7.11 Å². The standard InChI is InChI=1S/C14H10BrCl3O/c1-19-9-3-4-10(12(17)7-9)14(15)8-2-5-11(16)13(18)6-8/h2-7,14H,1H3. The lowest BCUT2D eigenvalue weighted by molar-refractivity contribution is 0.414. The van der Waals surface area contributed by atoms with E-state index in [1.165, 1.54) is 0 Å². The van der Waals surface area contributed by atoms with E-state index in [4.69, 9.17) is 39.5 Å². The molecule has 0 N–H and O–H groups in total. The molecule has 0 aliphatic rings. The van der Waals surface area contributed by atoms with Crippen LogP contribution in [-0.4, -0.2) is 7.11 Å². The third-order valence-electron chi connectivity index (χ3n) is 2.72. The fourth-order valence-electron chi connectivity index (χ4n) is 1.69. The van der Waals surface area contributed by atoms with Gasteiger partial charge in [0.25, 0.3) is 0 Å². The number of ether oxygens (including phenoxy) is 1. The smallest absolute Gasteiger partial charge is 0.120 e. The molecule has 100 valence electrons. The molecule has 0 saturated carbocycles. The van der Waals surface area contributed by atoms with E-state index in [1.807, 2.05) is 24.3 Å². The Bertz CT molecular complexity index is 601. The summed E-state index contributed by atoms with van der Waals surface area (Å²) in [7, 11) is 1.61. The number of methoxy groups -OCH3 is 1. The van der Waals surface area contributed by atoms with Crippen LogP contribution in [-0.2, 0) is 0 Å². The molecule has 0 aliphatic heterocycles. The maximum absolute atomic E-state index is 6.25. The number of hydrogen-bond acceptors (Lipinski definition) is 1. The molecule has 0 amide bonds. The Morgan fingerprint density at radius 3 is 2.26 bits per heavy atom. The molecule has 19 heavy (non-hydrogen) atoms. The van der Waals surface area contributed by atoms with Gasteiger partial charge >= 0.3 is 0 Å². The number of benzene rings is 2. The Labute approximate surface area is 135 Å². The Balaban J connectivity index is 2.38. The average molecular weight is 380 g/mol. The highest BCUT2D eigenvalue weighted by molar-refractivity contribution is 9.09. The van der Waals surface area contributed by atoms with Crippen molar-refractivity contribution in [1.82, 2.24) is 0 Å². The van der Waals surface area contributed by atoms with E-state index >= 15 is 0 Å². The third kappa shape index (κ3) is 3.38. The zero-order valence-electron chi connectivity index (χ0n) is 9.96. The second kappa shape index (κ2) is 6.36. The Morgan fingerprint density at radius 1 is 0.947 bits per heavy atom. The van der Waals surface area contributed by atoms with E-state index in [0.717, 1.165) is 16.9 Å². The highest BCUT2D eigenvalue weighted by Gasteiger charge is 2.15. The molecule has 0 spiro atoms. The summed E-state index contributed by atoms with van der Waals surface area (Å²) in [4.78, 5) is -0.0549. The molecule has 5 heteroatoms. The fraction of sp³-hybridized carbons (Fsp3) is 0.143. The molecule has 0 radical (unpaired) electrons. The molecule has 1 atom stereocenters. The molecular formula is C14H10BrCl3O. The number of alkyl halides is 1. The molecule has 1 unspecified atom stereocenters. The normalized spacial score (nSPS) is 12.3. The first-order chi connectivity index (χ1) is 9.02. The van der Waals surface area contributed by atoms with Gasteiger partial charge in [-0.25, -0.2) is 0 Å². The molecule has 0 aliphatic carbocycles. The SMILES string of the molecule is COc1ccc(C(Br)c2ccc(Cl)c(Cl)c2)c(Cl)c1. The van der Waals surface area contributed by atoms with Crippen LogP contribution in [0.25, 0.3) is 0 Å². The van der Waals surface area contributed by atoms with Gasteiger partial charge in [-0.3, -0.25) is 0 Å². The molecular weight excluding hydrogens is 370 g/mol. The van der Waals surface area contributed by atoms with Crippen LogP contribution in [0.4, 0.5) is 0 Å². The summed E-state index contributed by atoms with van der Waals surface area (Å²) in [5.74, 6) is 0.725. The van der Waals surface area contributed by atoms with Crippen LogP contribution in [0.15, 0.2) is 36.4 Å². The van der Waals surface area contributed by atoms with Crippen LogP contribution in [0.3, 0.4) is 0 Å². The van der Waals surface area contributed by atoms with E-state index in [1.54, 1.807) is 19.2 Å². The van der Waals surface area contributed by atoms with Crippen molar-refractivity contribution in [3.63, 3.8) is 0 Å². The second-order valence-electron chi connectivity index (χ2n) is 3.92. The fourth-order valence-corrected chi connectivity index (χ4v) is 3.09. The maximum atomic E-state index is 6.25. The zero-order valence-corrected chi connectivity index (χ0v) is 13.8. The van der Waals surface area contributed by atoms with Gasteiger partial charge in [-0.05, 0) is 35.4 Å². The van der Waals surface area contributed by atoms with Crippen molar-refractivity contribution in [3.05, 3.63) is 62.6 Å². The third-order valence-corrected chi connectivity index (χ3v) is 4.81. The number of hydrogen-bond donors (Lipinski definition) is 0. The van der Waals surface area contributed by atoms with E-state index in [9.17, 15) is 0 Å². The largest absolute Gasteiger partial charge is 0.497 e. The van der Waals surface area contributed by atoms with Gasteiger partial charge in [0.1, 0.15) is 5.75 Å². The van der Waals surface area contributed by atoms with Gasteiger partial charge in [-0.15, -0.1) is 0 Å². The lowest BCUT2D eigenvalue weighted by Gasteiger charge is -2.14. The number of rotatable bonds is 3. The summed E-state index contributed by atoms with van der Waals surface area (Å²) in [6, 6.07) is 11.1. The van der Waals surface area contributed by atoms with Crippen molar-refractivity contribution in [3.8, 4) is 5.75 Å². The summed E-state index contributed by atoms with van der Waals surface area (Å²) in [5.41, 5.74) is 1.93. The summed E-state index contributed by atoms with van der Waals surface area (Å²) >= 11 is 21.8. The predicted octanol–water partition coefficient (Wildman–Crippen LogP) is 6.14. The molecule has 0 heterocycles. The van der Waals surface area contributed by atoms with Gasteiger partial charge in [0.15, 0.2) is 0 Å². The van der Waals surface area contributed by atoms with Crippen molar-refractivity contribution < 1.29 is 4.74 Å². The van der Waals surface area contributed by atoms with Crippen LogP contribution >= 0.6 is 50.7 Å². The van der Waals surface area contributed by atoms with Crippen LogP contribution in [0, 0.1) is 0 Å². The van der Waals surface area contributed by atoms with Crippen LogP contribution in [0.1, 0.15) is 16.0 Å². The molecule has 0 saturated heterocycles. The van der Waals surface area contributed by atoms with Gasteiger partial charge in [0, 0.05) is 5.02 Å². The van der Waals surface area contributed by atoms with E-state index < -0.39 is 0 Å². The van der Waals surface area contributed by atoms with Gasteiger partial charge < -0.3 is 4.74 Å². The minimum atomic E-state index is -0.0549. The summed E-state index contributed by atoms with van der Waals surface area (Å²) in [5, 5.41) is 1.69. The first-order valence-electron chi connectivity index (χ1n) is 5.45. The lowest BCUT2D eigenvalue weighted by atomic mass is 10.0. The van der Waals surface area contributed by atoms with Gasteiger partial charge in [0.2, 0.25) is 0 Å². The van der Waals surface area contributed by atoms with Crippen molar-refractivity contribution in [2.45, 2.75) is 4.83 Å². The van der Waals surface area contributed by atoms with E-state index in [0.29, 0.717) is 15.1 Å². The topological polar surface area (TPSA) is 9.23 Å². The summed E-state index contributed by atoms with van der Waals surface area (Å²) in [6.07, 6.45) is 0. The highest BCUT2D eigenvalue weighted by Crippen LogP contribution is 2.38. The van der Waals surface area contributed by atoms with Crippen LogP contribution in [0.5, 0.6) is 5.75 Å². The Morgan fingerprint density at radius 2 is 1.68 bits per heavy atom. The predicted molar refractivity (Wildman–Crippen MR) is 85.2 cm³/mol. The zero-order chi connectivity index (χ0) is 14.0. The average Bonchev–Trinajstić information content (AvgIpc) is 2.41.